The van der Waals surface area contributed by atoms with Crippen molar-refractivity contribution in [1.29, 1.82) is 0 Å². The molecule has 0 aliphatic heterocycles. The van der Waals surface area contributed by atoms with Gasteiger partial charge in [-0.2, -0.15) is 0 Å². The van der Waals surface area contributed by atoms with E-state index in [1.807, 2.05) is 0 Å². The molecule has 1 aliphatic rings. The average molecular weight is 321 g/mol. The van der Waals surface area contributed by atoms with E-state index in [2.05, 4.69) is 0 Å². The number of rotatable bonds is 8. The van der Waals surface area contributed by atoms with Gasteiger partial charge in [-0.05, 0) is 44.2 Å². The van der Waals surface area contributed by atoms with Crippen molar-refractivity contribution in [2.24, 2.45) is 5.92 Å². The normalized spacial score (nSPS) is 14.9. The van der Waals surface area contributed by atoms with Crippen molar-refractivity contribution in [3.05, 3.63) is 33.9 Å². The van der Waals surface area contributed by atoms with Crippen LogP contribution < -0.4 is 4.74 Å². The van der Waals surface area contributed by atoms with Gasteiger partial charge in [-0.25, -0.2) is 0 Å². The summed E-state index contributed by atoms with van der Waals surface area (Å²) in [6.07, 6.45) is 2.10. The standard InChI is InChI=1S/C16H19NO6/c1-3-22-16(19)15(10(2)18)12-6-7-13(17(20)21)14(8-12)23-9-11-4-5-11/h6-8,11,15H,3-5,9H2,1-2H3. The van der Waals surface area contributed by atoms with E-state index in [9.17, 15) is 19.7 Å². The van der Waals surface area contributed by atoms with Crippen LogP contribution in [0, 0.1) is 16.0 Å². The van der Waals surface area contributed by atoms with Gasteiger partial charge < -0.3 is 9.47 Å². The van der Waals surface area contributed by atoms with Gasteiger partial charge in [0.1, 0.15) is 11.7 Å². The van der Waals surface area contributed by atoms with Crippen LogP contribution in [0.2, 0.25) is 0 Å². The predicted molar refractivity (Wildman–Crippen MR) is 81.4 cm³/mol. The zero-order valence-electron chi connectivity index (χ0n) is 13.1. The highest BCUT2D eigenvalue weighted by Crippen LogP contribution is 2.35. The topological polar surface area (TPSA) is 95.7 Å². The highest BCUT2D eigenvalue weighted by Gasteiger charge is 2.30. The zero-order chi connectivity index (χ0) is 17.0. The highest BCUT2D eigenvalue weighted by atomic mass is 16.6. The van der Waals surface area contributed by atoms with Crippen LogP contribution in [-0.4, -0.2) is 29.9 Å². The Balaban J connectivity index is 2.32. The van der Waals surface area contributed by atoms with Gasteiger partial charge in [-0.15, -0.1) is 0 Å². The molecule has 1 fully saturated rings. The molecule has 0 N–H and O–H groups in total. The first-order valence-corrected chi connectivity index (χ1v) is 7.52. The predicted octanol–water partition coefficient (Wildman–Crippen LogP) is 2.62. The summed E-state index contributed by atoms with van der Waals surface area (Å²) in [5.41, 5.74) is 0.160. The lowest BCUT2D eigenvalue weighted by Gasteiger charge is -2.14. The second kappa shape index (κ2) is 7.21. The molecule has 1 aliphatic carbocycles. The first-order valence-electron chi connectivity index (χ1n) is 7.52. The lowest BCUT2D eigenvalue weighted by Crippen LogP contribution is -2.22. The molecular weight excluding hydrogens is 302 g/mol. The number of nitro groups is 1. The third-order valence-corrected chi connectivity index (χ3v) is 3.61. The third-order valence-electron chi connectivity index (χ3n) is 3.61. The minimum atomic E-state index is -1.10. The Labute approximate surface area is 133 Å². The van der Waals surface area contributed by atoms with Crippen molar-refractivity contribution >= 4 is 17.4 Å². The van der Waals surface area contributed by atoms with E-state index in [0.29, 0.717) is 18.1 Å². The second-order valence-electron chi connectivity index (χ2n) is 5.53. The number of carbonyl (C=O) groups excluding carboxylic acids is 2. The number of ketones is 1. The Kier molecular flexibility index (Phi) is 5.31. The van der Waals surface area contributed by atoms with E-state index >= 15 is 0 Å². The number of hydrogen-bond acceptors (Lipinski definition) is 6. The molecule has 0 bridgehead atoms. The van der Waals surface area contributed by atoms with Crippen LogP contribution in [0.15, 0.2) is 18.2 Å². The number of Topliss-reactive ketones (excluding diaryl/α,β-unsaturated/α-hetero) is 1. The van der Waals surface area contributed by atoms with Gasteiger partial charge in [0.05, 0.1) is 18.1 Å². The van der Waals surface area contributed by atoms with E-state index in [4.69, 9.17) is 9.47 Å². The molecule has 1 unspecified atom stereocenters. The van der Waals surface area contributed by atoms with Gasteiger partial charge in [-0.1, -0.05) is 6.07 Å². The van der Waals surface area contributed by atoms with E-state index in [-0.39, 0.29) is 23.8 Å². The number of ether oxygens (including phenoxy) is 2. The fourth-order valence-corrected chi connectivity index (χ4v) is 2.23. The Morgan fingerprint density at radius 1 is 1.39 bits per heavy atom. The van der Waals surface area contributed by atoms with Crippen LogP contribution in [0.25, 0.3) is 0 Å². The first kappa shape index (κ1) is 16.9. The van der Waals surface area contributed by atoms with Crippen molar-refractivity contribution in [3.8, 4) is 5.75 Å². The molecule has 2 rings (SSSR count). The maximum atomic E-state index is 12.0. The summed E-state index contributed by atoms with van der Waals surface area (Å²) in [5, 5.41) is 11.1. The lowest BCUT2D eigenvalue weighted by atomic mass is 9.95. The summed E-state index contributed by atoms with van der Waals surface area (Å²) in [6.45, 7) is 3.48. The molecule has 7 heteroatoms. The molecule has 124 valence electrons. The molecule has 1 saturated carbocycles. The number of esters is 1. The molecule has 1 aromatic carbocycles. The molecule has 1 atom stereocenters. The maximum absolute atomic E-state index is 12.0. The van der Waals surface area contributed by atoms with Gasteiger partial charge in [0.2, 0.25) is 0 Å². The largest absolute Gasteiger partial charge is 0.487 e. The minimum absolute atomic E-state index is 0.0787. The van der Waals surface area contributed by atoms with Crippen LogP contribution >= 0.6 is 0 Å². The van der Waals surface area contributed by atoms with Crippen LogP contribution in [-0.2, 0) is 14.3 Å². The van der Waals surface area contributed by atoms with Crippen LogP contribution in [0.3, 0.4) is 0 Å². The molecule has 7 nitrogen and oxygen atoms in total. The average Bonchev–Trinajstić information content (AvgIpc) is 3.29. The van der Waals surface area contributed by atoms with Gasteiger partial charge in [-0.3, -0.25) is 19.7 Å². The van der Waals surface area contributed by atoms with Gasteiger partial charge in [0.25, 0.3) is 0 Å². The van der Waals surface area contributed by atoms with Crippen molar-refractivity contribution in [3.63, 3.8) is 0 Å². The van der Waals surface area contributed by atoms with E-state index in [1.165, 1.54) is 25.1 Å². The van der Waals surface area contributed by atoms with Crippen LogP contribution in [0.5, 0.6) is 5.75 Å². The van der Waals surface area contributed by atoms with Gasteiger partial charge >= 0.3 is 11.7 Å². The molecule has 0 amide bonds. The number of hydrogen-bond donors (Lipinski definition) is 0. The molecule has 0 spiro atoms. The number of nitrogens with zero attached hydrogens (tertiary/aromatic N) is 1. The Morgan fingerprint density at radius 2 is 2.09 bits per heavy atom. The SMILES string of the molecule is CCOC(=O)C(C(C)=O)c1ccc([N+](=O)[O-])c(OCC2CC2)c1. The molecule has 0 saturated heterocycles. The number of nitro benzene ring substituents is 1. The smallest absolute Gasteiger partial charge is 0.320 e. The van der Waals surface area contributed by atoms with Crippen molar-refractivity contribution in [1.82, 2.24) is 0 Å². The molecular formula is C16H19NO6. The van der Waals surface area contributed by atoms with Crippen LogP contribution in [0.4, 0.5) is 5.69 Å². The molecule has 0 heterocycles. The first-order chi connectivity index (χ1) is 10.9. The quantitative estimate of drug-likeness (QED) is 0.316. The summed E-state index contributed by atoms with van der Waals surface area (Å²) >= 11 is 0. The third kappa shape index (κ3) is 4.28. The Bertz CT molecular complexity index is 623. The summed E-state index contributed by atoms with van der Waals surface area (Å²) in [4.78, 5) is 34.3. The molecule has 23 heavy (non-hydrogen) atoms. The Morgan fingerprint density at radius 3 is 2.61 bits per heavy atom. The van der Waals surface area contributed by atoms with Crippen molar-refractivity contribution in [2.45, 2.75) is 32.6 Å². The monoisotopic (exact) mass is 321 g/mol. The van der Waals surface area contributed by atoms with Gasteiger partial charge in [0.15, 0.2) is 5.75 Å². The second-order valence-corrected chi connectivity index (χ2v) is 5.53. The van der Waals surface area contributed by atoms with E-state index in [0.717, 1.165) is 12.8 Å². The summed E-state index contributed by atoms with van der Waals surface area (Å²) in [6, 6.07) is 4.04. The van der Waals surface area contributed by atoms with Gasteiger partial charge in [0, 0.05) is 6.07 Å². The lowest BCUT2D eigenvalue weighted by molar-refractivity contribution is -0.385. The molecule has 1 aromatic rings. The highest BCUT2D eigenvalue weighted by molar-refractivity contribution is 6.03. The van der Waals surface area contributed by atoms with Crippen molar-refractivity contribution in [2.75, 3.05) is 13.2 Å². The summed E-state index contributed by atoms with van der Waals surface area (Å²) in [5.74, 6) is -1.65. The molecule has 0 radical (unpaired) electrons. The van der Waals surface area contributed by atoms with E-state index < -0.39 is 16.8 Å². The van der Waals surface area contributed by atoms with Crippen LogP contribution in [0.1, 0.15) is 38.2 Å². The zero-order valence-corrected chi connectivity index (χ0v) is 13.1. The number of carbonyl (C=O) groups is 2. The fourth-order valence-electron chi connectivity index (χ4n) is 2.23. The Hall–Kier alpha value is -2.44. The van der Waals surface area contributed by atoms with E-state index in [1.54, 1.807) is 6.92 Å². The fraction of sp³-hybridized carbons (Fsp3) is 0.500. The number of benzene rings is 1. The summed E-state index contributed by atoms with van der Waals surface area (Å²) in [7, 11) is 0. The maximum Gasteiger partial charge on any atom is 0.320 e. The molecule has 0 aromatic heterocycles. The minimum Gasteiger partial charge on any atom is -0.487 e. The van der Waals surface area contributed by atoms with Crippen molar-refractivity contribution < 1.29 is 24.0 Å². The summed E-state index contributed by atoms with van der Waals surface area (Å²) < 4.78 is 10.4.